The average Bonchev–Trinajstić information content (AvgIpc) is 3.31. The van der Waals surface area contributed by atoms with Gasteiger partial charge >= 0.3 is 11.9 Å². The monoisotopic (exact) mass is 378 g/mol. The van der Waals surface area contributed by atoms with Gasteiger partial charge < -0.3 is 13.6 Å². The SMILES string of the molecule is COC(=O)c1ccc(CN2C(=O)SC(=Cc3ccc([N+](=O)[O-])o3)C2=O)o1. The van der Waals surface area contributed by atoms with Crippen LogP contribution in [-0.2, 0) is 16.1 Å². The molecule has 0 radical (unpaired) electrons. The van der Waals surface area contributed by atoms with Crippen molar-refractivity contribution < 1.29 is 32.9 Å². The van der Waals surface area contributed by atoms with E-state index in [1.165, 1.54) is 31.4 Å². The van der Waals surface area contributed by atoms with Crippen LogP contribution in [0.1, 0.15) is 22.1 Å². The normalized spacial score (nSPS) is 15.7. The van der Waals surface area contributed by atoms with Crippen LogP contribution in [0.3, 0.4) is 0 Å². The summed E-state index contributed by atoms with van der Waals surface area (Å²) in [5.41, 5.74) is 0. The van der Waals surface area contributed by atoms with Crippen LogP contribution in [0.15, 0.2) is 38.0 Å². The van der Waals surface area contributed by atoms with Crippen LogP contribution in [0.5, 0.6) is 0 Å². The van der Waals surface area contributed by atoms with Gasteiger partial charge in [0.25, 0.3) is 11.1 Å². The molecule has 0 aliphatic carbocycles. The molecule has 3 rings (SSSR count). The summed E-state index contributed by atoms with van der Waals surface area (Å²) in [6.07, 6.45) is 1.25. The second-order valence-electron chi connectivity index (χ2n) is 4.96. The Hall–Kier alpha value is -3.34. The molecular formula is C15H10N2O8S. The third-order valence-electron chi connectivity index (χ3n) is 3.30. The van der Waals surface area contributed by atoms with Gasteiger partial charge in [-0.15, -0.1) is 0 Å². The Morgan fingerprint density at radius 2 is 2.08 bits per heavy atom. The van der Waals surface area contributed by atoms with Crippen LogP contribution < -0.4 is 0 Å². The number of esters is 1. The first kappa shape index (κ1) is 17.5. The van der Waals surface area contributed by atoms with Crippen molar-refractivity contribution in [1.29, 1.82) is 0 Å². The molecule has 3 heterocycles. The van der Waals surface area contributed by atoms with E-state index < -0.39 is 27.9 Å². The van der Waals surface area contributed by atoms with Gasteiger partial charge in [0.2, 0.25) is 5.76 Å². The molecule has 0 atom stereocenters. The maximum atomic E-state index is 12.4. The van der Waals surface area contributed by atoms with E-state index in [2.05, 4.69) is 4.74 Å². The summed E-state index contributed by atoms with van der Waals surface area (Å²) in [7, 11) is 1.20. The van der Waals surface area contributed by atoms with Gasteiger partial charge in [-0.1, -0.05) is 0 Å². The molecule has 10 nitrogen and oxygen atoms in total. The fourth-order valence-corrected chi connectivity index (χ4v) is 2.93. The lowest BCUT2D eigenvalue weighted by Crippen LogP contribution is -2.27. The Morgan fingerprint density at radius 1 is 1.31 bits per heavy atom. The highest BCUT2D eigenvalue weighted by molar-refractivity contribution is 8.18. The first-order chi connectivity index (χ1) is 12.4. The molecule has 0 aromatic carbocycles. The number of carbonyl (C=O) groups is 3. The Morgan fingerprint density at radius 3 is 2.73 bits per heavy atom. The van der Waals surface area contributed by atoms with E-state index >= 15 is 0 Å². The molecule has 11 heteroatoms. The van der Waals surface area contributed by atoms with Crippen molar-refractivity contribution in [3.63, 3.8) is 0 Å². The molecule has 1 saturated heterocycles. The van der Waals surface area contributed by atoms with Gasteiger partial charge in [0.15, 0.2) is 0 Å². The maximum absolute atomic E-state index is 12.4. The van der Waals surface area contributed by atoms with Crippen LogP contribution in [-0.4, -0.2) is 34.0 Å². The van der Waals surface area contributed by atoms with Crippen molar-refractivity contribution in [1.82, 2.24) is 4.90 Å². The highest BCUT2D eigenvalue weighted by atomic mass is 32.2. The number of furan rings is 2. The molecule has 26 heavy (non-hydrogen) atoms. The van der Waals surface area contributed by atoms with Gasteiger partial charge in [0.05, 0.1) is 24.6 Å². The maximum Gasteiger partial charge on any atom is 0.433 e. The minimum Gasteiger partial charge on any atom is -0.463 e. The van der Waals surface area contributed by atoms with Crippen LogP contribution in [0, 0.1) is 10.1 Å². The number of rotatable bonds is 5. The zero-order valence-corrected chi connectivity index (χ0v) is 14.0. The predicted octanol–water partition coefficient (Wildman–Crippen LogP) is 2.80. The summed E-state index contributed by atoms with van der Waals surface area (Å²) in [5, 5.41) is 10.1. The lowest BCUT2D eigenvalue weighted by molar-refractivity contribution is -0.402. The van der Waals surface area contributed by atoms with E-state index in [-0.39, 0.29) is 28.7 Å². The number of nitrogens with zero attached hydrogens (tertiary/aromatic N) is 2. The van der Waals surface area contributed by atoms with E-state index in [1.54, 1.807) is 0 Å². The standard InChI is InChI=1S/C15H10N2O8S/c1-23-14(19)10-4-2-9(24-10)7-16-13(18)11(26-15(16)20)6-8-3-5-12(25-8)17(21)22/h2-6H,7H2,1H3. The van der Waals surface area contributed by atoms with Crippen molar-refractivity contribution in [3.05, 3.63) is 56.6 Å². The van der Waals surface area contributed by atoms with Crippen molar-refractivity contribution in [3.8, 4) is 0 Å². The molecule has 0 spiro atoms. The van der Waals surface area contributed by atoms with Crippen molar-refractivity contribution >= 4 is 40.8 Å². The molecular weight excluding hydrogens is 368 g/mol. The number of methoxy groups -OCH3 is 1. The molecule has 1 aliphatic rings. The summed E-state index contributed by atoms with van der Waals surface area (Å²) in [6.45, 7) is -0.169. The Balaban J connectivity index is 1.76. The number of ether oxygens (including phenoxy) is 1. The second kappa shape index (κ2) is 6.88. The molecule has 2 aromatic heterocycles. The second-order valence-corrected chi connectivity index (χ2v) is 5.95. The summed E-state index contributed by atoms with van der Waals surface area (Å²) in [4.78, 5) is 46.7. The highest BCUT2D eigenvalue weighted by Gasteiger charge is 2.36. The van der Waals surface area contributed by atoms with E-state index in [1.807, 2.05) is 0 Å². The quantitative estimate of drug-likeness (QED) is 0.333. The Labute approximate surface area is 149 Å². The number of hydrogen-bond donors (Lipinski definition) is 0. The van der Waals surface area contributed by atoms with E-state index in [0.29, 0.717) is 11.8 Å². The van der Waals surface area contributed by atoms with Gasteiger partial charge in [0.1, 0.15) is 16.4 Å². The van der Waals surface area contributed by atoms with Crippen molar-refractivity contribution in [2.24, 2.45) is 0 Å². The first-order valence-electron chi connectivity index (χ1n) is 7.05. The van der Waals surface area contributed by atoms with Crippen molar-refractivity contribution in [2.45, 2.75) is 6.54 Å². The van der Waals surface area contributed by atoms with Crippen molar-refractivity contribution in [2.75, 3.05) is 7.11 Å². The number of nitro groups is 1. The summed E-state index contributed by atoms with van der Waals surface area (Å²) in [6, 6.07) is 5.29. The number of thioether (sulfide) groups is 1. The van der Waals surface area contributed by atoms with Crippen LogP contribution in [0.25, 0.3) is 6.08 Å². The van der Waals surface area contributed by atoms with Gasteiger partial charge in [-0.2, -0.15) is 0 Å². The highest BCUT2D eigenvalue weighted by Crippen LogP contribution is 2.34. The van der Waals surface area contributed by atoms with E-state index in [0.717, 1.165) is 11.0 Å². The fraction of sp³-hybridized carbons (Fsp3) is 0.133. The summed E-state index contributed by atoms with van der Waals surface area (Å²) in [5.74, 6) is -1.50. The van der Waals surface area contributed by atoms with Crippen LogP contribution >= 0.6 is 11.8 Å². The van der Waals surface area contributed by atoms with E-state index in [4.69, 9.17) is 8.83 Å². The molecule has 0 bridgehead atoms. The van der Waals surface area contributed by atoms with Crippen LogP contribution in [0.2, 0.25) is 0 Å². The minimum absolute atomic E-state index is 0.0482. The number of imide groups is 1. The van der Waals surface area contributed by atoms with Gasteiger partial charge in [0, 0.05) is 6.08 Å². The molecule has 2 aromatic rings. The predicted molar refractivity (Wildman–Crippen MR) is 86.9 cm³/mol. The summed E-state index contributed by atoms with van der Waals surface area (Å²) < 4.78 is 14.7. The number of hydrogen-bond acceptors (Lipinski definition) is 9. The lowest BCUT2D eigenvalue weighted by Gasteiger charge is -2.09. The van der Waals surface area contributed by atoms with Gasteiger partial charge in [-0.25, -0.2) is 4.79 Å². The molecule has 0 unspecified atom stereocenters. The Kier molecular flexibility index (Phi) is 4.63. The molecule has 0 saturated carbocycles. The zero-order chi connectivity index (χ0) is 18.8. The van der Waals surface area contributed by atoms with Crippen LogP contribution in [0.4, 0.5) is 10.7 Å². The smallest absolute Gasteiger partial charge is 0.433 e. The van der Waals surface area contributed by atoms with E-state index in [9.17, 15) is 24.5 Å². The minimum atomic E-state index is -0.709. The third kappa shape index (κ3) is 3.37. The Bertz CT molecular complexity index is 941. The zero-order valence-electron chi connectivity index (χ0n) is 13.2. The number of amides is 2. The molecule has 1 fully saturated rings. The molecule has 2 amide bonds. The van der Waals surface area contributed by atoms with Gasteiger partial charge in [-0.05, 0) is 30.0 Å². The first-order valence-corrected chi connectivity index (χ1v) is 7.87. The van der Waals surface area contributed by atoms with Gasteiger partial charge in [-0.3, -0.25) is 24.6 Å². The number of carbonyl (C=O) groups excluding carboxylic acids is 3. The largest absolute Gasteiger partial charge is 0.463 e. The third-order valence-corrected chi connectivity index (χ3v) is 4.21. The molecule has 0 N–H and O–H groups in total. The topological polar surface area (TPSA) is 133 Å². The molecule has 1 aliphatic heterocycles. The molecule has 134 valence electrons. The average molecular weight is 378 g/mol. The summed E-state index contributed by atoms with van der Waals surface area (Å²) >= 11 is 0.667. The fourth-order valence-electron chi connectivity index (χ4n) is 2.11. The lowest BCUT2D eigenvalue weighted by atomic mass is 10.3.